The Hall–Kier alpha value is -1.88. The fourth-order valence-electron chi connectivity index (χ4n) is 1.78. The van der Waals surface area contributed by atoms with Crippen LogP contribution in [-0.4, -0.2) is 37.0 Å². The fourth-order valence-corrected chi connectivity index (χ4v) is 1.78. The van der Waals surface area contributed by atoms with Crippen LogP contribution in [0.25, 0.3) is 0 Å². The summed E-state index contributed by atoms with van der Waals surface area (Å²) in [6.07, 6.45) is 0. The van der Waals surface area contributed by atoms with E-state index in [-0.39, 0.29) is 17.2 Å². The van der Waals surface area contributed by atoms with Crippen molar-refractivity contribution in [2.45, 2.75) is 39.2 Å². The fraction of sp³-hybridized carbons (Fsp3) is 0.500. The number of benzene rings is 1. The molecule has 0 aliphatic heterocycles. The van der Waals surface area contributed by atoms with Crippen LogP contribution in [0.4, 0.5) is 0 Å². The van der Waals surface area contributed by atoms with Gasteiger partial charge in [0, 0.05) is 19.7 Å². The first-order chi connectivity index (χ1) is 9.61. The van der Waals surface area contributed by atoms with E-state index in [2.05, 4.69) is 31.5 Å². The van der Waals surface area contributed by atoms with Gasteiger partial charge >= 0.3 is 0 Å². The maximum atomic E-state index is 12.1. The lowest BCUT2D eigenvalue weighted by atomic mass is 9.86. The van der Waals surface area contributed by atoms with Gasteiger partial charge in [-0.2, -0.15) is 0 Å². The van der Waals surface area contributed by atoms with Crippen molar-refractivity contribution >= 4 is 11.8 Å². The van der Waals surface area contributed by atoms with Crippen LogP contribution in [0.15, 0.2) is 24.3 Å². The minimum atomic E-state index is -0.595. The molecule has 2 N–H and O–H groups in total. The van der Waals surface area contributed by atoms with E-state index in [1.165, 1.54) is 0 Å². The maximum Gasteiger partial charge on any atom is 0.256 e. The van der Waals surface area contributed by atoms with E-state index in [0.29, 0.717) is 5.56 Å². The third kappa shape index (κ3) is 5.19. The van der Waals surface area contributed by atoms with Crippen LogP contribution in [0, 0.1) is 0 Å². The van der Waals surface area contributed by atoms with Crippen LogP contribution in [0.1, 0.15) is 43.6 Å². The molecule has 0 spiro atoms. The average molecular weight is 291 g/mol. The van der Waals surface area contributed by atoms with Gasteiger partial charge < -0.3 is 5.32 Å². The van der Waals surface area contributed by atoms with E-state index in [9.17, 15) is 9.59 Å². The Kier molecular flexibility index (Phi) is 5.49. The number of nitrogens with zero attached hydrogens (tertiary/aromatic N) is 1. The molecule has 5 heteroatoms. The second-order valence-electron chi connectivity index (χ2n) is 6.39. The molecular weight excluding hydrogens is 266 g/mol. The number of nitrogens with one attached hydrogen (secondary N) is 2. The molecule has 0 fully saturated rings. The van der Waals surface area contributed by atoms with Crippen LogP contribution in [0.2, 0.25) is 0 Å². The molecule has 0 heterocycles. The zero-order valence-electron chi connectivity index (χ0n) is 13.7. The summed E-state index contributed by atoms with van der Waals surface area (Å²) in [5.41, 5.74) is 4.37. The molecular formula is C16H25N3O2. The zero-order chi connectivity index (χ0) is 16.2. The monoisotopic (exact) mass is 291 g/mol. The smallest absolute Gasteiger partial charge is 0.256 e. The summed E-state index contributed by atoms with van der Waals surface area (Å²) in [4.78, 5) is 23.8. The Bertz CT molecular complexity index is 501. The lowest BCUT2D eigenvalue weighted by Gasteiger charge is -2.20. The third-order valence-electron chi connectivity index (χ3n) is 3.09. The Morgan fingerprint density at radius 3 is 2.05 bits per heavy atom. The highest BCUT2D eigenvalue weighted by Gasteiger charge is 2.18. The van der Waals surface area contributed by atoms with E-state index in [1.807, 2.05) is 12.1 Å². The van der Waals surface area contributed by atoms with Gasteiger partial charge in [0.05, 0.1) is 0 Å². The predicted octanol–water partition coefficient (Wildman–Crippen LogP) is 1.70. The summed E-state index contributed by atoms with van der Waals surface area (Å²) >= 11 is 0. The largest absolute Gasteiger partial charge is 0.340 e. The molecule has 0 aliphatic carbocycles. The summed E-state index contributed by atoms with van der Waals surface area (Å²) in [7, 11) is 3.44. The van der Waals surface area contributed by atoms with Gasteiger partial charge in [-0.05, 0) is 30.0 Å². The summed E-state index contributed by atoms with van der Waals surface area (Å²) in [6.45, 7) is 8.02. The molecule has 0 saturated heterocycles. The van der Waals surface area contributed by atoms with Gasteiger partial charge in [0.2, 0.25) is 0 Å². The molecule has 1 aromatic carbocycles. The molecule has 0 bridgehead atoms. The van der Waals surface area contributed by atoms with Crippen molar-refractivity contribution in [3.05, 3.63) is 35.4 Å². The number of hydrazine groups is 1. The molecule has 116 valence electrons. The van der Waals surface area contributed by atoms with Gasteiger partial charge in [0.15, 0.2) is 0 Å². The maximum absolute atomic E-state index is 12.1. The molecule has 0 radical (unpaired) electrons. The number of carbonyl (C=O) groups excluding carboxylic acids is 2. The van der Waals surface area contributed by atoms with Gasteiger partial charge in [0.25, 0.3) is 11.8 Å². The van der Waals surface area contributed by atoms with Crippen molar-refractivity contribution < 1.29 is 9.59 Å². The summed E-state index contributed by atoms with van der Waals surface area (Å²) in [5, 5.41) is 4.23. The molecule has 21 heavy (non-hydrogen) atoms. The number of rotatable bonds is 4. The molecule has 0 aromatic heterocycles. The quantitative estimate of drug-likeness (QED) is 0.830. The highest BCUT2D eigenvalue weighted by molar-refractivity contribution is 5.97. The minimum absolute atomic E-state index is 0.0495. The third-order valence-corrected chi connectivity index (χ3v) is 3.09. The highest BCUT2D eigenvalue weighted by Crippen LogP contribution is 2.22. The molecule has 5 nitrogen and oxygen atoms in total. The lowest BCUT2D eigenvalue weighted by molar-refractivity contribution is -0.126. The Morgan fingerprint density at radius 1 is 1.10 bits per heavy atom. The summed E-state index contributed by atoms with van der Waals surface area (Å²) in [6, 6.07) is 6.86. The highest BCUT2D eigenvalue weighted by atomic mass is 16.2. The van der Waals surface area contributed by atoms with Crippen molar-refractivity contribution in [2.24, 2.45) is 0 Å². The molecule has 0 unspecified atom stereocenters. The number of hydrogen-bond donors (Lipinski definition) is 2. The Morgan fingerprint density at radius 2 is 1.62 bits per heavy atom. The first-order valence-corrected chi connectivity index (χ1v) is 7.00. The SMILES string of the molecule is C[C@@H](NC(=O)c1ccc(C(C)(C)C)cc1)C(=O)NN(C)C. The van der Waals surface area contributed by atoms with Crippen molar-refractivity contribution in [3.8, 4) is 0 Å². The second-order valence-corrected chi connectivity index (χ2v) is 6.39. The van der Waals surface area contributed by atoms with Crippen LogP contribution < -0.4 is 10.7 Å². The van der Waals surface area contributed by atoms with Crippen LogP contribution >= 0.6 is 0 Å². The number of amides is 2. The predicted molar refractivity (Wildman–Crippen MR) is 83.9 cm³/mol. The van der Waals surface area contributed by atoms with E-state index in [1.54, 1.807) is 38.2 Å². The standard InChI is InChI=1S/C16H25N3O2/c1-11(14(20)18-19(5)6)17-15(21)12-7-9-13(10-8-12)16(2,3)4/h7-11H,1-6H3,(H,17,21)(H,18,20)/t11-/m1/s1. The first-order valence-electron chi connectivity index (χ1n) is 7.00. The van der Waals surface area contributed by atoms with E-state index in [4.69, 9.17) is 0 Å². The van der Waals surface area contributed by atoms with Crippen molar-refractivity contribution in [2.75, 3.05) is 14.1 Å². The minimum Gasteiger partial charge on any atom is -0.340 e. The zero-order valence-corrected chi connectivity index (χ0v) is 13.7. The Labute approximate surface area is 126 Å². The van der Waals surface area contributed by atoms with Gasteiger partial charge in [-0.25, -0.2) is 5.01 Å². The molecule has 0 saturated carbocycles. The van der Waals surface area contributed by atoms with Crippen LogP contribution in [0.5, 0.6) is 0 Å². The van der Waals surface area contributed by atoms with Gasteiger partial charge in [-0.3, -0.25) is 15.0 Å². The average Bonchev–Trinajstić information content (AvgIpc) is 2.36. The topological polar surface area (TPSA) is 61.4 Å². The Balaban J connectivity index is 2.70. The second kappa shape index (κ2) is 6.72. The van der Waals surface area contributed by atoms with Crippen molar-refractivity contribution in [1.29, 1.82) is 0 Å². The number of hydrogen-bond acceptors (Lipinski definition) is 3. The first kappa shape index (κ1) is 17.2. The van der Waals surface area contributed by atoms with Crippen LogP contribution in [0.3, 0.4) is 0 Å². The van der Waals surface area contributed by atoms with E-state index >= 15 is 0 Å². The van der Waals surface area contributed by atoms with E-state index < -0.39 is 6.04 Å². The molecule has 2 amide bonds. The molecule has 1 aromatic rings. The van der Waals surface area contributed by atoms with Crippen molar-refractivity contribution in [3.63, 3.8) is 0 Å². The normalized spacial score (nSPS) is 12.9. The van der Waals surface area contributed by atoms with Crippen LogP contribution in [-0.2, 0) is 10.2 Å². The molecule has 0 aliphatic rings. The number of carbonyl (C=O) groups is 2. The van der Waals surface area contributed by atoms with Gasteiger partial charge in [-0.1, -0.05) is 32.9 Å². The van der Waals surface area contributed by atoms with E-state index in [0.717, 1.165) is 5.56 Å². The van der Waals surface area contributed by atoms with Crippen molar-refractivity contribution in [1.82, 2.24) is 15.8 Å². The molecule has 1 rings (SSSR count). The summed E-state index contributed by atoms with van der Waals surface area (Å²) in [5.74, 6) is -0.503. The molecule has 1 atom stereocenters. The van der Waals surface area contributed by atoms with Gasteiger partial charge in [0.1, 0.15) is 6.04 Å². The summed E-state index contributed by atoms with van der Waals surface area (Å²) < 4.78 is 0. The van der Waals surface area contributed by atoms with Gasteiger partial charge in [-0.15, -0.1) is 0 Å². The lowest BCUT2D eigenvalue weighted by Crippen LogP contribution is -2.48.